The average molecular weight is 232 g/mol. The maximum atomic E-state index is 3.42. The van der Waals surface area contributed by atoms with Crippen LogP contribution in [-0.4, -0.2) is 37.1 Å². The molecule has 0 aromatic heterocycles. The quantitative estimate of drug-likeness (QED) is 0.856. The van der Waals surface area contributed by atoms with Crippen molar-refractivity contribution in [1.82, 2.24) is 10.2 Å². The maximum absolute atomic E-state index is 3.42. The molecule has 0 amide bonds. The van der Waals surface area contributed by atoms with Crippen LogP contribution in [0, 0.1) is 6.92 Å². The van der Waals surface area contributed by atoms with Crippen molar-refractivity contribution in [2.45, 2.75) is 32.7 Å². The van der Waals surface area contributed by atoms with Crippen LogP contribution in [0.15, 0.2) is 24.3 Å². The summed E-state index contributed by atoms with van der Waals surface area (Å²) in [5, 5.41) is 3.42. The van der Waals surface area contributed by atoms with Gasteiger partial charge in [-0.1, -0.05) is 36.8 Å². The molecule has 1 atom stereocenters. The second kappa shape index (κ2) is 6.18. The highest BCUT2D eigenvalue weighted by Crippen LogP contribution is 2.14. The maximum Gasteiger partial charge on any atom is 0.0134 e. The van der Waals surface area contributed by atoms with Crippen LogP contribution < -0.4 is 5.32 Å². The second-order valence-corrected chi connectivity index (χ2v) is 5.04. The monoisotopic (exact) mass is 232 g/mol. The van der Waals surface area contributed by atoms with Gasteiger partial charge in [0.25, 0.3) is 0 Å². The highest BCUT2D eigenvalue weighted by molar-refractivity contribution is 5.23. The fraction of sp³-hybridized carbons (Fsp3) is 0.600. The lowest BCUT2D eigenvalue weighted by Crippen LogP contribution is -2.48. The normalized spacial score (nSPS) is 19.2. The lowest BCUT2D eigenvalue weighted by atomic mass is 10.0. The molecule has 1 aromatic rings. The molecular formula is C15H24N2. The molecule has 1 aromatic carbocycles. The van der Waals surface area contributed by atoms with Crippen molar-refractivity contribution in [3.63, 3.8) is 0 Å². The van der Waals surface area contributed by atoms with E-state index in [2.05, 4.69) is 48.3 Å². The number of nitrogens with one attached hydrogen (secondary N) is 1. The number of hydrogen-bond donors (Lipinski definition) is 1. The Kier molecular flexibility index (Phi) is 4.57. The Morgan fingerprint density at radius 1 is 1.29 bits per heavy atom. The topological polar surface area (TPSA) is 15.3 Å². The number of hydrogen-bond acceptors (Lipinski definition) is 2. The first kappa shape index (κ1) is 12.6. The van der Waals surface area contributed by atoms with Crippen molar-refractivity contribution in [3.05, 3.63) is 35.4 Å². The molecule has 1 saturated heterocycles. The van der Waals surface area contributed by atoms with Gasteiger partial charge in [-0.25, -0.2) is 0 Å². The molecule has 1 aliphatic heterocycles. The fourth-order valence-electron chi connectivity index (χ4n) is 2.69. The molecule has 1 heterocycles. The van der Waals surface area contributed by atoms with Gasteiger partial charge in [-0.15, -0.1) is 0 Å². The van der Waals surface area contributed by atoms with Crippen LogP contribution in [0.3, 0.4) is 0 Å². The zero-order valence-corrected chi connectivity index (χ0v) is 11.1. The van der Waals surface area contributed by atoms with Gasteiger partial charge < -0.3 is 5.32 Å². The molecule has 1 N–H and O–H groups in total. The minimum absolute atomic E-state index is 0.707. The highest BCUT2D eigenvalue weighted by Gasteiger charge is 2.18. The first-order valence-electron chi connectivity index (χ1n) is 6.80. The van der Waals surface area contributed by atoms with Crippen LogP contribution in [0.25, 0.3) is 0 Å². The van der Waals surface area contributed by atoms with Crippen LogP contribution in [0.5, 0.6) is 0 Å². The van der Waals surface area contributed by atoms with Crippen molar-refractivity contribution in [1.29, 1.82) is 0 Å². The van der Waals surface area contributed by atoms with E-state index < -0.39 is 0 Å². The summed E-state index contributed by atoms with van der Waals surface area (Å²) in [6.07, 6.45) is 2.44. The molecule has 2 rings (SSSR count). The Bertz CT molecular complexity index is 343. The van der Waals surface area contributed by atoms with E-state index in [1.54, 1.807) is 0 Å². The van der Waals surface area contributed by atoms with Crippen molar-refractivity contribution in [2.75, 3.05) is 26.2 Å². The molecule has 17 heavy (non-hydrogen) atoms. The van der Waals surface area contributed by atoms with E-state index in [-0.39, 0.29) is 0 Å². The zero-order valence-electron chi connectivity index (χ0n) is 11.1. The van der Waals surface area contributed by atoms with Gasteiger partial charge in [-0.3, -0.25) is 4.90 Å². The predicted molar refractivity (Wildman–Crippen MR) is 73.4 cm³/mol. The van der Waals surface area contributed by atoms with Gasteiger partial charge in [-0.05, 0) is 25.3 Å². The Balaban J connectivity index is 1.98. The van der Waals surface area contributed by atoms with Crippen LogP contribution in [0.1, 0.15) is 24.5 Å². The number of rotatable bonds is 4. The number of benzene rings is 1. The van der Waals surface area contributed by atoms with Gasteiger partial charge in [0, 0.05) is 32.2 Å². The standard InChI is InChI=1S/C15H24N2/c1-3-15(17-9-7-16-8-10-17)12-14-6-4-5-13(2)11-14/h4-6,11,15-16H,3,7-10,12H2,1-2H3. The van der Waals surface area contributed by atoms with E-state index in [9.17, 15) is 0 Å². The zero-order chi connectivity index (χ0) is 12.1. The second-order valence-electron chi connectivity index (χ2n) is 5.04. The van der Waals surface area contributed by atoms with Gasteiger partial charge in [0.05, 0.1) is 0 Å². The minimum atomic E-state index is 0.707. The van der Waals surface area contributed by atoms with Gasteiger partial charge in [-0.2, -0.15) is 0 Å². The third-order valence-electron chi connectivity index (χ3n) is 3.69. The number of nitrogens with zero attached hydrogens (tertiary/aromatic N) is 1. The molecule has 0 aliphatic carbocycles. The molecule has 0 spiro atoms. The third kappa shape index (κ3) is 3.55. The van der Waals surface area contributed by atoms with Crippen LogP contribution >= 0.6 is 0 Å². The van der Waals surface area contributed by atoms with Crippen LogP contribution in [0.2, 0.25) is 0 Å². The van der Waals surface area contributed by atoms with E-state index in [1.807, 2.05) is 0 Å². The average Bonchev–Trinajstić information content (AvgIpc) is 2.37. The number of aryl methyl sites for hydroxylation is 1. The molecule has 2 nitrogen and oxygen atoms in total. The summed E-state index contributed by atoms with van der Waals surface area (Å²) in [5.74, 6) is 0. The summed E-state index contributed by atoms with van der Waals surface area (Å²) in [6, 6.07) is 9.64. The smallest absolute Gasteiger partial charge is 0.0134 e. The van der Waals surface area contributed by atoms with E-state index in [1.165, 1.54) is 37.1 Å². The van der Waals surface area contributed by atoms with Crippen LogP contribution in [-0.2, 0) is 6.42 Å². The molecule has 94 valence electrons. The third-order valence-corrected chi connectivity index (χ3v) is 3.69. The minimum Gasteiger partial charge on any atom is -0.314 e. The predicted octanol–water partition coefficient (Wildman–Crippen LogP) is 2.22. The van der Waals surface area contributed by atoms with Gasteiger partial charge in [0.15, 0.2) is 0 Å². The summed E-state index contributed by atoms with van der Waals surface area (Å²) in [7, 11) is 0. The highest BCUT2D eigenvalue weighted by atomic mass is 15.2. The van der Waals surface area contributed by atoms with Gasteiger partial charge in [0.1, 0.15) is 0 Å². The lowest BCUT2D eigenvalue weighted by Gasteiger charge is -2.34. The Labute approximate surface area is 105 Å². The Morgan fingerprint density at radius 3 is 2.71 bits per heavy atom. The van der Waals surface area contributed by atoms with Crippen LogP contribution in [0.4, 0.5) is 0 Å². The van der Waals surface area contributed by atoms with Gasteiger partial charge in [0.2, 0.25) is 0 Å². The van der Waals surface area contributed by atoms with Crippen molar-refractivity contribution in [2.24, 2.45) is 0 Å². The SMILES string of the molecule is CCC(Cc1cccc(C)c1)N1CCNCC1. The Morgan fingerprint density at radius 2 is 2.06 bits per heavy atom. The molecule has 1 aliphatic rings. The fourth-order valence-corrected chi connectivity index (χ4v) is 2.69. The summed E-state index contributed by atoms with van der Waals surface area (Å²) in [6.45, 7) is 9.17. The number of piperazine rings is 1. The lowest BCUT2D eigenvalue weighted by molar-refractivity contribution is 0.167. The Hall–Kier alpha value is -0.860. The summed E-state index contributed by atoms with van der Waals surface area (Å²) in [4.78, 5) is 2.64. The van der Waals surface area contributed by atoms with Crippen molar-refractivity contribution < 1.29 is 0 Å². The first-order chi connectivity index (χ1) is 8.29. The van der Waals surface area contributed by atoms with E-state index in [0.29, 0.717) is 6.04 Å². The largest absolute Gasteiger partial charge is 0.314 e. The molecular weight excluding hydrogens is 208 g/mol. The first-order valence-corrected chi connectivity index (χ1v) is 6.80. The summed E-state index contributed by atoms with van der Waals surface area (Å²) < 4.78 is 0. The van der Waals surface area contributed by atoms with Crippen molar-refractivity contribution >= 4 is 0 Å². The van der Waals surface area contributed by atoms with E-state index in [0.717, 1.165) is 13.1 Å². The molecule has 1 fully saturated rings. The molecule has 1 unspecified atom stereocenters. The van der Waals surface area contributed by atoms with E-state index >= 15 is 0 Å². The van der Waals surface area contributed by atoms with E-state index in [4.69, 9.17) is 0 Å². The summed E-state index contributed by atoms with van der Waals surface area (Å²) in [5.41, 5.74) is 2.85. The molecule has 2 heteroatoms. The summed E-state index contributed by atoms with van der Waals surface area (Å²) >= 11 is 0. The molecule has 0 radical (unpaired) electrons. The molecule has 0 bridgehead atoms. The van der Waals surface area contributed by atoms with Crippen molar-refractivity contribution in [3.8, 4) is 0 Å². The molecule has 0 saturated carbocycles. The van der Waals surface area contributed by atoms with Gasteiger partial charge >= 0.3 is 0 Å².